The van der Waals surface area contributed by atoms with E-state index in [1.165, 1.54) is 12.5 Å². The van der Waals surface area contributed by atoms with Crippen LogP contribution in [0, 0.1) is 5.82 Å². The van der Waals surface area contributed by atoms with E-state index in [9.17, 15) is 4.39 Å². The zero-order valence-corrected chi connectivity index (χ0v) is 12.2. The topological polar surface area (TPSA) is 29.9 Å². The van der Waals surface area contributed by atoms with Crippen molar-refractivity contribution in [3.05, 3.63) is 29.8 Å². The van der Waals surface area contributed by atoms with Crippen molar-refractivity contribution in [3.8, 4) is 0 Å². The second-order valence-electron chi connectivity index (χ2n) is 5.68. The summed E-state index contributed by atoms with van der Waals surface area (Å²) in [6.07, 6.45) is 4.50. The second kappa shape index (κ2) is 5.17. The molecule has 0 radical (unpaired) electrons. The van der Waals surface area contributed by atoms with E-state index < -0.39 is 0 Å². The van der Waals surface area contributed by atoms with E-state index in [1.54, 1.807) is 6.07 Å². The monoisotopic (exact) mass is 275 g/mol. The van der Waals surface area contributed by atoms with Gasteiger partial charge in [-0.15, -0.1) is 0 Å². The summed E-state index contributed by atoms with van der Waals surface area (Å²) in [5.74, 6) is 0.869. The molecule has 1 atom stereocenters. The average Bonchev–Trinajstić information content (AvgIpc) is 3.03. The lowest BCUT2D eigenvalue weighted by atomic mass is 9.91. The van der Waals surface area contributed by atoms with Gasteiger partial charge in [-0.3, -0.25) is 0 Å². The van der Waals surface area contributed by atoms with Gasteiger partial charge in [0.2, 0.25) is 0 Å². The van der Waals surface area contributed by atoms with Crippen LogP contribution >= 0.6 is 0 Å². The fourth-order valence-electron chi connectivity index (χ4n) is 3.54. The van der Waals surface area contributed by atoms with Crippen LogP contribution in [0.15, 0.2) is 18.2 Å². The molecule has 1 N–H and O–H groups in total. The van der Waals surface area contributed by atoms with Crippen molar-refractivity contribution in [2.75, 3.05) is 6.54 Å². The van der Waals surface area contributed by atoms with E-state index in [1.807, 2.05) is 6.07 Å². The van der Waals surface area contributed by atoms with Gasteiger partial charge in [0, 0.05) is 12.6 Å². The number of rotatable bonds is 4. The third-order valence-electron chi connectivity index (χ3n) is 4.38. The van der Waals surface area contributed by atoms with Crippen molar-refractivity contribution in [1.82, 2.24) is 14.9 Å². The lowest BCUT2D eigenvalue weighted by Crippen LogP contribution is -2.39. The molecule has 4 heteroatoms. The van der Waals surface area contributed by atoms with E-state index in [2.05, 4.69) is 23.7 Å². The van der Waals surface area contributed by atoms with E-state index in [-0.39, 0.29) is 11.4 Å². The Morgan fingerprint density at radius 3 is 2.90 bits per heavy atom. The van der Waals surface area contributed by atoms with Crippen molar-refractivity contribution in [2.24, 2.45) is 0 Å². The first-order chi connectivity index (χ1) is 9.70. The number of imidazole rings is 1. The molecule has 0 amide bonds. The molecule has 108 valence electrons. The maximum absolute atomic E-state index is 13.4. The molecule has 3 nitrogen and oxygen atoms in total. The molecule has 0 aliphatic carbocycles. The van der Waals surface area contributed by atoms with Crippen LogP contribution in [0.25, 0.3) is 11.0 Å². The predicted molar refractivity (Wildman–Crippen MR) is 79.2 cm³/mol. The number of nitrogens with one attached hydrogen (secondary N) is 1. The smallest absolute Gasteiger partial charge is 0.130 e. The van der Waals surface area contributed by atoms with E-state index in [4.69, 9.17) is 4.98 Å². The minimum atomic E-state index is -0.214. The molecule has 1 aromatic carbocycles. The highest BCUT2D eigenvalue weighted by molar-refractivity contribution is 5.76. The van der Waals surface area contributed by atoms with E-state index in [0.717, 1.165) is 49.2 Å². The summed E-state index contributed by atoms with van der Waals surface area (Å²) in [5, 5.41) is 3.66. The highest BCUT2D eigenvalue weighted by Crippen LogP contribution is 2.36. The Labute approximate surface area is 119 Å². The third-order valence-corrected chi connectivity index (χ3v) is 4.38. The molecular formula is C16H22FN3. The van der Waals surface area contributed by atoms with Gasteiger partial charge < -0.3 is 9.88 Å². The van der Waals surface area contributed by atoms with Gasteiger partial charge in [-0.25, -0.2) is 9.37 Å². The summed E-state index contributed by atoms with van der Waals surface area (Å²) < 4.78 is 15.7. The van der Waals surface area contributed by atoms with Crippen LogP contribution in [0.2, 0.25) is 0 Å². The van der Waals surface area contributed by atoms with Gasteiger partial charge >= 0.3 is 0 Å². The van der Waals surface area contributed by atoms with E-state index >= 15 is 0 Å². The first-order valence-corrected chi connectivity index (χ1v) is 7.61. The first kappa shape index (κ1) is 13.6. The number of aryl methyl sites for hydroxylation is 1. The number of hydrogen-bond donors (Lipinski definition) is 1. The summed E-state index contributed by atoms with van der Waals surface area (Å²) in [6.45, 7) is 6.24. The van der Waals surface area contributed by atoms with Crippen LogP contribution in [-0.2, 0) is 12.1 Å². The number of fused-ring (bicyclic) bond motifs is 1. The SMILES string of the molecule is CCCC1(c2nc3cc(F)ccc3n2CC)CCCN1. The van der Waals surface area contributed by atoms with Crippen LogP contribution in [0.5, 0.6) is 0 Å². The molecule has 1 saturated heterocycles. The van der Waals surface area contributed by atoms with Crippen molar-refractivity contribution >= 4 is 11.0 Å². The standard InChI is InChI=1S/C16H22FN3/c1-3-8-16(9-5-10-18-16)15-19-13-11-12(17)6-7-14(13)20(15)4-2/h6-7,11,18H,3-5,8-10H2,1-2H3. The number of hydrogen-bond acceptors (Lipinski definition) is 2. The Morgan fingerprint density at radius 2 is 2.25 bits per heavy atom. The van der Waals surface area contributed by atoms with Gasteiger partial charge in [0.15, 0.2) is 0 Å². The van der Waals surface area contributed by atoms with Crippen molar-refractivity contribution < 1.29 is 4.39 Å². The molecule has 1 unspecified atom stereocenters. The average molecular weight is 275 g/mol. The fourth-order valence-corrected chi connectivity index (χ4v) is 3.54. The summed E-state index contributed by atoms with van der Waals surface area (Å²) in [7, 11) is 0. The molecule has 0 bridgehead atoms. The maximum atomic E-state index is 13.4. The van der Waals surface area contributed by atoms with Gasteiger partial charge in [-0.2, -0.15) is 0 Å². The molecule has 0 saturated carbocycles. The Bertz CT molecular complexity index is 611. The van der Waals surface area contributed by atoms with Crippen LogP contribution in [0.4, 0.5) is 4.39 Å². The minimum absolute atomic E-state index is 0.0275. The number of aromatic nitrogens is 2. The van der Waals surface area contributed by atoms with Gasteiger partial charge in [0.05, 0.1) is 16.6 Å². The number of halogens is 1. The Hall–Kier alpha value is -1.42. The largest absolute Gasteiger partial charge is 0.327 e. The highest BCUT2D eigenvalue weighted by Gasteiger charge is 2.38. The molecule has 2 heterocycles. The summed E-state index contributed by atoms with van der Waals surface area (Å²) in [5.41, 5.74) is 1.78. The Morgan fingerprint density at radius 1 is 1.40 bits per heavy atom. The molecule has 0 spiro atoms. The lowest BCUT2D eigenvalue weighted by Gasteiger charge is -2.29. The third kappa shape index (κ3) is 2.03. The van der Waals surface area contributed by atoms with Gasteiger partial charge in [-0.05, 0) is 44.9 Å². The van der Waals surface area contributed by atoms with Crippen LogP contribution in [0.1, 0.15) is 45.4 Å². The lowest BCUT2D eigenvalue weighted by molar-refractivity contribution is 0.324. The molecular weight excluding hydrogens is 253 g/mol. The van der Waals surface area contributed by atoms with Gasteiger partial charge in [-0.1, -0.05) is 13.3 Å². The molecule has 1 aromatic heterocycles. The van der Waals surface area contributed by atoms with Crippen LogP contribution in [0.3, 0.4) is 0 Å². The number of benzene rings is 1. The second-order valence-corrected chi connectivity index (χ2v) is 5.68. The van der Waals surface area contributed by atoms with Crippen molar-refractivity contribution in [3.63, 3.8) is 0 Å². The zero-order chi connectivity index (χ0) is 14.2. The predicted octanol–water partition coefficient (Wildman–Crippen LogP) is 3.57. The quantitative estimate of drug-likeness (QED) is 0.924. The molecule has 1 aliphatic rings. The molecule has 1 fully saturated rings. The first-order valence-electron chi connectivity index (χ1n) is 7.61. The summed E-state index contributed by atoms with van der Waals surface area (Å²) >= 11 is 0. The van der Waals surface area contributed by atoms with Gasteiger partial charge in [0.25, 0.3) is 0 Å². The normalized spacial score (nSPS) is 22.8. The Balaban J connectivity index is 2.18. The van der Waals surface area contributed by atoms with Crippen molar-refractivity contribution in [1.29, 1.82) is 0 Å². The molecule has 3 rings (SSSR count). The Kier molecular flexibility index (Phi) is 3.50. The van der Waals surface area contributed by atoms with Crippen molar-refractivity contribution in [2.45, 2.75) is 51.6 Å². The maximum Gasteiger partial charge on any atom is 0.130 e. The highest BCUT2D eigenvalue weighted by atomic mass is 19.1. The summed E-state index contributed by atoms with van der Waals surface area (Å²) in [6, 6.07) is 4.91. The van der Waals surface area contributed by atoms with E-state index in [0.29, 0.717) is 0 Å². The van der Waals surface area contributed by atoms with Crippen LogP contribution < -0.4 is 5.32 Å². The molecule has 1 aliphatic heterocycles. The van der Waals surface area contributed by atoms with Crippen LogP contribution in [-0.4, -0.2) is 16.1 Å². The number of nitrogens with zero attached hydrogens (tertiary/aromatic N) is 2. The van der Waals surface area contributed by atoms with Gasteiger partial charge in [0.1, 0.15) is 11.6 Å². The minimum Gasteiger partial charge on any atom is -0.327 e. The molecule has 20 heavy (non-hydrogen) atoms. The summed E-state index contributed by atoms with van der Waals surface area (Å²) in [4.78, 5) is 4.78. The fraction of sp³-hybridized carbons (Fsp3) is 0.562. The molecule has 2 aromatic rings. The zero-order valence-electron chi connectivity index (χ0n) is 12.2.